The Balaban J connectivity index is 0.973. The topological polar surface area (TPSA) is 98.8 Å². The van der Waals surface area contributed by atoms with Crippen molar-refractivity contribution in [3.8, 4) is 0 Å². The first-order valence-electron chi connectivity index (χ1n) is 28.6. The summed E-state index contributed by atoms with van der Waals surface area (Å²) in [6, 6.07) is 20.1. The van der Waals surface area contributed by atoms with Crippen LogP contribution >= 0.6 is 0 Å². The van der Waals surface area contributed by atoms with Crippen LogP contribution in [-0.4, -0.2) is 64.8 Å². The third-order valence-electron chi connectivity index (χ3n) is 18.8. The highest BCUT2D eigenvalue weighted by atomic mass is 28.3. The summed E-state index contributed by atoms with van der Waals surface area (Å²) in [5.74, 6) is -3.11. The zero-order valence-electron chi connectivity index (χ0n) is 45.1. The highest BCUT2D eigenvalue weighted by Crippen LogP contribution is 2.83. The van der Waals surface area contributed by atoms with Crippen molar-refractivity contribution in [1.29, 1.82) is 0 Å². The van der Waals surface area contributed by atoms with Gasteiger partial charge in [0, 0.05) is 12.0 Å². The molecule has 10 heteroatoms. The number of esters is 1. The Bertz CT molecular complexity index is 2100. The number of carbonyl (C=O) groups is 2. The Morgan fingerprint density at radius 2 is 1.39 bits per heavy atom. The second-order valence-electron chi connectivity index (χ2n) is 24.9. The van der Waals surface area contributed by atoms with Crippen LogP contribution in [0.5, 0.6) is 0 Å². The normalized spacial score (nSPS) is 36.4. The number of carbonyl (C=O) groups excluding carboxylic acids is 2. The van der Waals surface area contributed by atoms with Gasteiger partial charge in [0.25, 0.3) is 5.97 Å². The molecule has 0 radical (unpaired) electrons. The van der Waals surface area contributed by atoms with E-state index < -0.39 is 73.0 Å². The second-order valence-corrected chi connectivity index (χ2v) is 27.3. The molecule has 0 N–H and O–H groups in total. The molecule has 0 spiro atoms. The van der Waals surface area contributed by atoms with Gasteiger partial charge in [-0.1, -0.05) is 211 Å². The van der Waals surface area contributed by atoms with E-state index in [1.54, 1.807) is 0 Å². The van der Waals surface area contributed by atoms with Crippen molar-refractivity contribution in [1.82, 2.24) is 0 Å². The van der Waals surface area contributed by atoms with Crippen LogP contribution in [0.2, 0.25) is 13.1 Å². The summed E-state index contributed by atoms with van der Waals surface area (Å²) in [4.78, 5) is 30.9. The van der Waals surface area contributed by atoms with Gasteiger partial charge < -0.3 is 32.9 Å². The van der Waals surface area contributed by atoms with E-state index in [0.29, 0.717) is 18.9 Å². The molecule has 71 heavy (non-hydrogen) atoms. The Kier molecular flexibility index (Phi) is 16.1. The van der Waals surface area contributed by atoms with E-state index in [4.69, 9.17) is 32.8 Å². The molecule has 3 saturated carbocycles. The zero-order valence-corrected chi connectivity index (χ0v) is 46.3. The van der Waals surface area contributed by atoms with Crippen molar-refractivity contribution in [3.63, 3.8) is 0 Å². The average molecular weight is 995 g/mol. The molecule has 8 bridgehead atoms. The minimum Gasteiger partial charge on any atom is -0.452 e. The molecule has 4 aliphatic carbocycles. The lowest BCUT2D eigenvalue weighted by Crippen LogP contribution is -2.66. The molecule has 8 aliphatic rings. The van der Waals surface area contributed by atoms with Gasteiger partial charge in [-0.2, -0.15) is 0 Å². The van der Waals surface area contributed by atoms with E-state index in [-0.39, 0.29) is 36.2 Å². The minimum atomic E-state index is -1.77. The number of unbranched alkanes of at least 4 members (excludes halogenated alkanes) is 13. The SMILES string of the molecule is CCCCCCCCCCCCCCCCOC1C2OC3(O[SiH](C)C)OC(OCC45CC6C(C)CCC6C6(C=O)CC4C=C(C(C)C)C65C(=O)OC(c4ccccc4)c4ccccc4)(OC13)C2C(C)(C)C. The summed E-state index contributed by atoms with van der Waals surface area (Å²) in [6.45, 7) is 20.6. The first-order chi connectivity index (χ1) is 34.1. The van der Waals surface area contributed by atoms with Gasteiger partial charge in [0.05, 0.1) is 17.9 Å². The van der Waals surface area contributed by atoms with Crippen molar-refractivity contribution < 1.29 is 42.4 Å². The van der Waals surface area contributed by atoms with Crippen LogP contribution < -0.4 is 0 Å². The summed E-state index contributed by atoms with van der Waals surface area (Å²) in [5, 5.41) is 0. The van der Waals surface area contributed by atoms with Crippen LogP contribution in [0, 0.1) is 57.2 Å². The first-order valence-corrected chi connectivity index (χ1v) is 31.4. The first kappa shape index (κ1) is 53.1. The molecule has 4 saturated heterocycles. The molecule has 4 aliphatic heterocycles. The monoisotopic (exact) mass is 995 g/mol. The maximum absolute atomic E-state index is 16.3. The summed E-state index contributed by atoms with van der Waals surface area (Å²) in [7, 11) is -1.77. The smallest absolute Gasteiger partial charge is 0.318 e. The molecule has 2 aromatic carbocycles. The van der Waals surface area contributed by atoms with Gasteiger partial charge in [-0.25, -0.2) is 0 Å². The Hall–Kier alpha value is -2.70. The molecule has 2 aromatic rings. The fourth-order valence-corrected chi connectivity index (χ4v) is 16.7. The van der Waals surface area contributed by atoms with Crippen LogP contribution in [0.4, 0.5) is 0 Å². The van der Waals surface area contributed by atoms with Gasteiger partial charge in [-0.05, 0) is 84.9 Å². The molecule has 0 amide bonds. The van der Waals surface area contributed by atoms with Crippen molar-refractivity contribution >= 4 is 21.3 Å². The summed E-state index contributed by atoms with van der Waals surface area (Å²) in [6.07, 6.45) is 23.0. The number of hydrogen-bond donors (Lipinski definition) is 0. The molecular formula is C61H90O9Si. The Labute approximate surface area is 429 Å². The highest BCUT2D eigenvalue weighted by Gasteiger charge is 2.86. The van der Waals surface area contributed by atoms with E-state index in [1.165, 1.54) is 83.3 Å². The van der Waals surface area contributed by atoms with Crippen LogP contribution in [0.3, 0.4) is 0 Å². The highest BCUT2D eigenvalue weighted by molar-refractivity contribution is 6.48. The van der Waals surface area contributed by atoms with Gasteiger partial charge in [-0.15, -0.1) is 0 Å². The fraction of sp³-hybridized carbons (Fsp3) is 0.738. The van der Waals surface area contributed by atoms with Gasteiger partial charge in [0.15, 0.2) is 21.2 Å². The molecule has 13 atom stereocenters. The number of fused-ring (bicyclic) bond motifs is 2. The van der Waals surface area contributed by atoms with Gasteiger partial charge in [-0.3, -0.25) is 9.53 Å². The van der Waals surface area contributed by atoms with E-state index in [1.807, 2.05) is 60.7 Å². The number of benzene rings is 2. The predicted molar refractivity (Wildman–Crippen MR) is 280 cm³/mol. The number of allylic oxidation sites excluding steroid dienone is 1. The second kappa shape index (κ2) is 21.5. The third-order valence-corrected chi connectivity index (χ3v) is 19.6. The fourth-order valence-electron chi connectivity index (χ4n) is 15.9. The molecule has 9 nitrogen and oxygen atoms in total. The summed E-state index contributed by atoms with van der Waals surface area (Å²) in [5.41, 5.74) is -0.659. The van der Waals surface area contributed by atoms with E-state index in [0.717, 1.165) is 48.8 Å². The molecule has 7 fully saturated rings. The predicted octanol–water partition coefficient (Wildman–Crippen LogP) is 13.8. The van der Waals surface area contributed by atoms with Gasteiger partial charge in [0.2, 0.25) is 0 Å². The molecule has 4 heterocycles. The van der Waals surface area contributed by atoms with E-state index in [2.05, 4.69) is 67.6 Å². The van der Waals surface area contributed by atoms with Crippen molar-refractivity contribution in [3.05, 3.63) is 83.4 Å². The average Bonchev–Trinajstić information content (AvgIpc) is 4.04. The Morgan fingerprint density at radius 1 is 0.803 bits per heavy atom. The molecule has 392 valence electrons. The van der Waals surface area contributed by atoms with Crippen LogP contribution in [0.25, 0.3) is 0 Å². The van der Waals surface area contributed by atoms with E-state index >= 15 is 4.79 Å². The summed E-state index contributed by atoms with van der Waals surface area (Å²) < 4.78 is 49.8. The van der Waals surface area contributed by atoms with Gasteiger partial charge >= 0.3 is 11.9 Å². The largest absolute Gasteiger partial charge is 0.452 e. The van der Waals surface area contributed by atoms with Crippen molar-refractivity contribution in [2.75, 3.05) is 13.2 Å². The molecule has 10 rings (SSSR count). The van der Waals surface area contributed by atoms with Crippen molar-refractivity contribution in [2.24, 2.45) is 57.2 Å². The maximum atomic E-state index is 16.3. The van der Waals surface area contributed by atoms with Crippen LogP contribution in [-0.2, 0) is 42.4 Å². The molecule has 0 aromatic heterocycles. The lowest BCUT2D eigenvalue weighted by Gasteiger charge is -2.59. The number of rotatable bonds is 27. The van der Waals surface area contributed by atoms with E-state index in [9.17, 15) is 4.79 Å². The molecular weight excluding hydrogens is 905 g/mol. The zero-order chi connectivity index (χ0) is 50.2. The Morgan fingerprint density at radius 3 is 1.94 bits per heavy atom. The maximum Gasteiger partial charge on any atom is 0.318 e. The van der Waals surface area contributed by atoms with Crippen LogP contribution in [0.15, 0.2) is 72.3 Å². The lowest BCUT2D eigenvalue weighted by molar-refractivity contribution is -0.491. The summed E-state index contributed by atoms with van der Waals surface area (Å²) >= 11 is 0. The van der Waals surface area contributed by atoms with Crippen molar-refractivity contribution in [2.45, 2.75) is 213 Å². The lowest BCUT2D eigenvalue weighted by atomic mass is 9.43. The minimum absolute atomic E-state index is 0.0151. The van der Waals surface area contributed by atoms with Crippen LogP contribution in [0.1, 0.15) is 181 Å². The number of hydrogen-bond acceptors (Lipinski definition) is 9. The van der Waals surface area contributed by atoms with Gasteiger partial charge in [0.1, 0.15) is 23.9 Å². The number of aldehydes is 1. The number of ether oxygens (including phenoxy) is 6. The quantitative estimate of drug-likeness (QED) is 0.0285. The molecule has 13 unspecified atom stereocenters. The standard InChI is InChI=1S/C61H90O9Si/c1-10-11-12-13-14-15-16-17-18-19-20-21-22-29-36-64-52-51-53(56(5,6)7)60(68-54(52)61(67-51,69-60)70-71(8)9)65-41-58-39-47-43(4)34-35-48(47)57(40-62)38-46(58)37-49(42(2)3)59(57,58)55(63)66-50(44-30-25-23-26-31-44)45-32-27-24-28-33-45/h23-28,30-33,37,40,42-43,46-48,50-54,71H,10-22,29,34-36,38-39,41H2,1-9H3. The third kappa shape index (κ3) is 9.23.